The molecule has 1 aromatic rings. The molecule has 6 heteroatoms. The summed E-state index contributed by atoms with van der Waals surface area (Å²) in [6, 6.07) is 4.36. The number of nitrogens with zero attached hydrogens (tertiary/aromatic N) is 1. The molecule has 1 heterocycles. The van der Waals surface area contributed by atoms with Gasteiger partial charge in [-0.25, -0.2) is 4.99 Å². The topological polar surface area (TPSA) is 45.7 Å². The lowest BCUT2D eigenvalue weighted by atomic mass is 10.4. The van der Waals surface area contributed by atoms with Gasteiger partial charge in [0.1, 0.15) is 0 Å². The van der Waals surface area contributed by atoms with E-state index in [1.165, 1.54) is 9.75 Å². The second-order valence-corrected chi connectivity index (χ2v) is 5.65. The third-order valence-electron chi connectivity index (χ3n) is 2.77. The molecule has 1 aromatic heterocycles. The van der Waals surface area contributed by atoms with Crippen LogP contribution >= 0.6 is 35.3 Å². The quantitative estimate of drug-likeness (QED) is 0.276. The first-order valence-corrected chi connectivity index (χ1v) is 8.29. The van der Waals surface area contributed by atoms with Crippen molar-refractivity contribution in [2.75, 3.05) is 26.3 Å². The van der Waals surface area contributed by atoms with E-state index in [0.29, 0.717) is 0 Å². The molecule has 0 atom stereocenters. The van der Waals surface area contributed by atoms with E-state index in [9.17, 15) is 0 Å². The fraction of sp³-hybridized carbons (Fsp3) is 0.667. The third kappa shape index (κ3) is 9.31. The highest BCUT2D eigenvalue weighted by Crippen LogP contribution is 2.17. The van der Waals surface area contributed by atoms with E-state index in [2.05, 4.69) is 41.6 Å². The average Bonchev–Trinajstić information content (AvgIpc) is 2.92. The maximum Gasteiger partial charge on any atom is 0.191 e. The van der Waals surface area contributed by atoms with Gasteiger partial charge in [0.05, 0.1) is 6.54 Å². The Labute approximate surface area is 149 Å². The van der Waals surface area contributed by atoms with Crippen molar-refractivity contribution in [2.24, 2.45) is 4.99 Å². The van der Waals surface area contributed by atoms with E-state index in [0.717, 1.165) is 51.6 Å². The van der Waals surface area contributed by atoms with Gasteiger partial charge in [-0.1, -0.05) is 6.92 Å². The van der Waals surface area contributed by atoms with Crippen molar-refractivity contribution in [2.45, 2.75) is 40.2 Å². The van der Waals surface area contributed by atoms with Crippen LogP contribution in [-0.4, -0.2) is 32.3 Å². The van der Waals surface area contributed by atoms with Crippen LogP contribution in [-0.2, 0) is 17.7 Å². The summed E-state index contributed by atoms with van der Waals surface area (Å²) in [6.45, 7) is 10.4. The molecule has 0 saturated heterocycles. The summed E-state index contributed by atoms with van der Waals surface area (Å²) in [5.74, 6) is 0.885. The molecule has 0 saturated carbocycles. The zero-order valence-corrected chi connectivity index (χ0v) is 16.4. The Morgan fingerprint density at radius 2 is 1.95 bits per heavy atom. The second-order valence-electron chi connectivity index (χ2n) is 4.39. The molecule has 0 unspecified atom stereocenters. The van der Waals surface area contributed by atoms with Crippen molar-refractivity contribution in [3.8, 4) is 0 Å². The van der Waals surface area contributed by atoms with Crippen molar-refractivity contribution >= 4 is 41.3 Å². The van der Waals surface area contributed by atoms with Gasteiger partial charge in [0.15, 0.2) is 5.96 Å². The van der Waals surface area contributed by atoms with Gasteiger partial charge < -0.3 is 15.4 Å². The van der Waals surface area contributed by atoms with Gasteiger partial charge >= 0.3 is 0 Å². The van der Waals surface area contributed by atoms with Crippen LogP contribution < -0.4 is 10.6 Å². The summed E-state index contributed by atoms with van der Waals surface area (Å²) < 4.78 is 5.32. The normalized spacial score (nSPS) is 11.1. The maximum atomic E-state index is 5.32. The van der Waals surface area contributed by atoms with Crippen LogP contribution in [0.5, 0.6) is 0 Å². The smallest absolute Gasteiger partial charge is 0.191 e. The van der Waals surface area contributed by atoms with E-state index in [-0.39, 0.29) is 24.0 Å². The van der Waals surface area contributed by atoms with Gasteiger partial charge in [-0.05, 0) is 38.8 Å². The van der Waals surface area contributed by atoms with Gasteiger partial charge in [0.25, 0.3) is 0 Å². The van der Waals surface area contributed by atoms with E-state index in [4.69, 9.17) is 4.74 Å². The Balaban J connectivity index is 0.00000400. The van der Waals surface area contributed by atoms with Gasteiger partial charge in [0, 0.05) is 36.1 Å². The summed E-state index contributed by atoms with van der Waals surface area (Å²) in [5, 5.41) is 6.60. The number of ether oxygens (including phenoxy) is 1. The molecule has 0 aliphatic rings. The summed E-state index contributed by atoms with van der Waals surface area (Å²) in [4.78, 5) is 7.35. The molecular formula is C15H28IN3OS. The number of hydrogen-bond acceptors (Lipinski definition) is 3. The number of rotatable bonds is 9. The number of aryl methyl sites for hydroxylation is 1. The molecule has 0 bridgehead atoms. The van der Waals surface area contributed by atoms with Crippen LogP contribution in [0.25, 0.3) is 0 Å². The van der Waals surface area contributed by atoms with Crippen molar-refractivity contribution in [3.63, 3.8) is 0 Å². The number of guanidine groups is 1. The molecule has 0 aromatic carbocycles. The molecule has 0 fully saturated rings. The zero-order valence-electron chi connectivity index (χ0n) is 13.3. The first kappa shape index (κ1) is 20.7. The predicted molar refractivity (Wildman–Crippen MR) is 103 cm³/mol. The molecule has 2 N–H and O–H groups in total. The van der Waals surface area contributed by atoms with Crippen molar-refractivity contribution in [1.29, 1.82) is 0 Å². The molecule has 21 heavy (non-hydrogen) atoms. The lowest BCUT2D eigenvalue weighted by Gasteiger charge is -2.10. The van der Waals surface area contributed by atoms with Crippen LogP contribution in [0.1, 0.15) is 36.9 Å². The Morgan fingerprint density at radius 1 is 1.19 bits per heavy atom. The Bertz CT molecular complexity index is 396. The van der Waals surface area contributed by atoms with Crippen molar-refractivity contribution < 1.29 is 4.74 Å². The van der Waals surface area contributed by atoms with E-state index in [1.807, 2.05) is 18.3 Å². The lowest BCUT2D eigenvalue weighted by Crippen LogP contribution is -2.38. The monoisotopic (exact) mass is 425 g/mol. The van der Waals surface area contributed by atoms with Crippen LogP contribution in [0.15, 0.2) is 17.1 Å². The van der Waals surface area contributed by atoms with Gasteiger partial charge in [-0.15, -0.1) is 35.3 Å². The van der Waals surface area contributed by atoms with Gasteiger partial charge in [-0.3, -0.25) is 0 Å². The number of hydrogen-bond donors (Lipinski definition) is 2. The number of aliphatic imine (C=N–C) groups is 1. The minimum Gasteiger partial charge on any atom is -0.382 e. The number of halogens is 1. The first-order valence-electron chi connectivity index (χ1n) is 7.47. The van der Waals surface area contributed by atoms with Crippen molar-refractivity contribution in [3.05, 3.63) is 21.9 Å². The average molecular weight is 425 g/mol. The Morgan fingerprint density at radius 3 is 2.57 bits per heavy atom. The summed E-state index contributed by atoms with van der Waals surface area (Å²) in [7, 11) is 0. The minimum atomic E-state index is 0. The fourth-order valence-corrected chi connectivity index (χ4v) is 2.60. The van der Waals surface area contributed by atoms with Crippen LogP contribution in [0.2, 0.25) is 0 Å². The Kier molecular flexibility index (Phi) is 13.1. The van der Waals surface area contributed by atoms with Crippen LogP contribution in [0, 0.1) is 0 Å². The molecule has 122 valence electrons. The summed E-state index contributed by atoms with van der Waals surface area (Å²) >= 11 is 1.85. The first-order chi connectivity index (χ1) is 9.80. The molecule has 0 aliphatic heterocycles. The maximum absolute atomic E-state index is 5.32. The standard InChI is InChI=1S/C15H27N3OS.HI/c1-4-13-8-9-14(20-13)12-18-15(16-5-2)17-10-7-11-19-6-3;/h8-9H,4-7,10-12H2,1-3H3,(H2,16,17,18);1H. The van der Waals surface area contributed by atoms with E-state index < -0.39 is 0 Å². The van der Waals surface area contributed by atoms with Gasteiger partial charge in [-0.2, -0.15) is 0 Å². The van der Waals surface area contributed by atoms with Gasteiger partial charge in [0.2, 0.25) is 0 Å². The molecule has 0 aliphatic carbocycles. The number of nitrogens with one attached hydrogen (secondary N) is 2. The minimum absolute atomic E-state index is 0. The van der Waals surface area contributed by atoms with E-state index >= 15 is 0 Å². The molecule has 4 nitrogen and oxygen atoms in total. The van der Waals surface area contributed by atoms with E-state index in [1.54, 1.807) is 0 Å². The third-order valence-corrected chi connectivity index (χ3v) is 3.98. The molecule has 1 rings (SSSR count). The zero-order chi connectivity index (χ0) is 14.6. The highest BCUT2D eigenvalue weighted by atomic mass is 127. The highest BCUT2D eigenvalue weighted by molar-refractivity contribution is 14.0. The largest absolute Gasteiger partial charge is 0.382 e. The van der Waals surface area contributed by atoms with Crippen LogP contribution in [0.3, 0.4) is 0 Å². The number of thiophene rings is 1. The molecule has 0 amide bonds. The fourth-order valence-electron chi connectivity index (χ4n) is 1.72. The SMILES string of the molecule is CCNC(=NCc1ccc(CC)s1)NCCCOCC.I. The molecular weight excluding hydrogens is 397 g/mol. The molecule has 0 radical (unpaired) electrons. The Hall–Kier alpha value is -0.340. The summed E-state index contributed by atoms with van der Waals surface area (Å²) in [5.41, 5.74) is 0. The molecule has 0 spiro atoms. The lowest BCUT2D eigenvalue weighted by molar-refractivity contribution is 0.145. The summed E-state index contributed by atoms with van der Waals surface area (Å²) in [6.07, 6.45) is 2.10. The predicted octanol–water partition coefficient (Wildman–Crippen LogP) is 3.41. The second kappa shape index (κ2) is 13.3. The highest BCUT2D eigenvalue weighted by Gasteiger charge is 2.00. The van der Waals surface area contributed by atoms with Crippen molar-refractivity contribution in [1.82, 2.24) is 10.6 Å². The van der Waals surface area contributed by atoms with Crippen LogP contribution in [0.4, 0.5) is 0 Å².